The van der Waals surface area contributed by atoms with Crippen LogP contribution in [0.1, 0.15) is 220 Å². The van der Waals surface area contributed by atoms with Crippen molar-refractivity contribution in [3.05, 3.63) is 0 Å². The Morgan fingerprint density at radius 3 is 1.14 bits per heavy atom. The van der Waals surface area contributed by atoms with Crippen molar-refractivity contribution in [2.45, 2.75) is 226 Å². The van der Waals surface area contributed by atoms with Gasteiger partial charge in [0, 0.05) is 25.4 Å². The van der Waals surface area contributed by atoms with Crippen LogP contribution in [0.15, 0.2) is 0 Å². The Morgan fingerprint density at radius 1 is 0.429 bits per heavy atom. The summed E-state index contributed by atoms with van der Waals surface area (Å²) in [5.41, 5.74) is 0. The molecule has 0 saturated heterocycles. The Kier molecular flexibility index (Phi) is 33.6. The van der Waals surface area contributed by atoms with E-state index in [2.05, 4.69) is 31.4 Å². The third-order valence-corrected chi connectivity index (χ3v) is 8.81. The predicted octanol–water partition coefficient (Wildman–Crippen LogP) is 11.7. The third-order valence-electron chi connectivity index (χ3n) is 8.81. The van der Waals surface area contributed by atoms with Crippen molar-refractivity contribution in [3.63, 3.8) is 0 Å². The van der Waals surface area contributed by atoms with E-state index in [-0.39, 0.29) is 17.9 Å². The lowest BCUT2D eigenvalue weighted by Gasteiger charge is -2.14. The number of nitrogens with one attached hydrogen (secondary N) is 2. The van der Waals surface area contributed by atoms with E-state index in [0.717, 1.165) is 38.6 Å². The molecular formula is C38H76N2O2. The van der Waals surface area contributed by atoms with Gasteiger partial charge in [0.2, 0.25) is 11.8 Å². The second-order valence-corrected chi connectivity index (χ2v) is 13.3. The minimum Gasteiger partial charge on any atom is -0.356 e. The number of unbranched alkanes of at least 4 members (excludes halogenated alkanes) is 25. The Labute approximate surface area is 264 Å². The maximum absolute atomic E-state index is 12.2. The molecule has 0 rings (SSSR count). The molecule has 0 saturated carbocycles. The van der Waals surface area contributed by atoms with Crippen LogP contribution in [0.3, 0.4) is 0 Å². The van der Waals surface area contributed by atoms with Gasteiger partial charge in [-0.25, -0.2) is 0 Å². The van der Waals surface area contributed by atoms with Gasteiger partial charge in [0.15, 0.2) is 0 Å². The molecule has 2 N–H and O–H groups in total. The van der Waals surface area contributed by atoms with Gasteiger partial charge in [0.05, 0.1) is 0 Å². The van der Waals surface area contributed by atoms with Crippen molar-refractivity contribution in [2.75, 3.05) is 6.54 Å². The molecule has 0 aromatic carbocycles. The van der Waals surface area contributed by atoms with Crippen LogP contribution in [0.4, 0.5) is 0 Å². The van der Waals surface area contributed by atoms with Gasteiger partial charge in [0.1, 0.15) is 0 Å². The lowest BCUT2D eigenvalue weighted by molar-refractivity contribution is -0.122. The maximum Gasteiger partial charge on any atom is 0.220 e. The lowest BCUT2D eigenvalue weighted by atomic mass is 10.0. The minimum absolute atomic E-state index is 0.204. The summed E-state index contributed by atoms with van der Waals surface area (Å²) in [5.74, 6) is 0.410. The summed E-state index contributed by atoms with van der Waals surface area (Å²) < 4.78 is 0. The molecule has 0 fully saturated rings. The van der Waals surface area contributed by atoms with Crippen molar-refractivity contribution in [1.82, 2.24) is 10.6 Å². The molecule has 0 bridgehead atoms. The van der Waals surface area contributed by atoms with Gasteiger partial charge in [-0.15, -0.1) is 0 Å². The zero-order valence-corrected chi connectivity index (χ0v) is 29.0. The topological polar surface area (TPSA) is 58.2 Å². The van der Waals surface area contributed by atoms with Crippen molar-refractivity contribution in [1.29, 1.82) is 0 Å². The first kappa shape index (κ1) is 40.9. The van der Waals surface area contributed by atoms with E-state index in [1.807, 2.05) is 0 Å². The first-order chi connectivity index (χ1) is 20.6. The average molecular weight is 593 g/mol. The fraction of sp³-hybridized carbons (Fsp3) is 0.947. The molecule has 250 valence electrons. The van der Waals surface area contributed by atoms with E-state index in [9.17, 15) is 9.59 Å². The summed E-state index contributed by atoms with van der Waals surface area (Å²) in [7, 11) is 0. The van der Waals surface area contributed by atoms with Gasteiger partial charge >= 0.3 is 0 Å². The van der Waals surface area contributed by atoms with E-state index in [0.29, 0.717) is 12.8 Å². The van der Waals surface area contributed by atoms with Gasteiger partial charge in [-0.2, -0.15) is 0 Å². The van der Waals surface area contributed by atoms with Gasteiger partial charge in [-0.1, -0.05) is 168 Å². The molecule has 4 nitrogen and oxygen atoms in total. The summed E-state index contributed by atoms with van der Waals surface area (Å²) in [5, 5.41) is 6.24. The molecule has 0 spiro atoms. The first-order valence-corrected chi connectivity index (χ1v) is 19.2. The van der Waals surface area contributed by atoms with Crippen molar-refractivity contribution >= 4 is 11.8 Å². The van der Waals surface area contributed by atoms with Crippen LogP contribution in [0.5, 0.6) is 0 Å². The van der Waals surface area contributed by atoms with Crippen LogP contribution in [-0.2, 0) is 9.59 Å². The highest BCUT2D eigenvalue weighted by atomic mass is 16.2. The highest BCUT2D eigenvalue weighted by molar-refractivity contribution is 5.76. The second-order valence-electron chi connectivity index (χ2n) is 13.3. The van der Waals surface area contributed by atoms with Crippen LogP contribution in [0.25, 0.3) is 0 Å². The summed E-state index contributed by atoms with van der Waals surface area (Å²) in [6.45, 7) is 7.42. The monoisotopic (exact) mass is 593 g/mol. The minimum atomic E-state index is 0.204. The fourth-order valence-electron chi connectivity index (χ4n) is 5.92. The fourth-order valence-corrected chi connectivity index (χ4v) is 5.92. The molecule has 0 aliphatic rings. The molecule has 0 heterocycles. The third kappa shape index (κ3) is 33.4. The van der Waals surface area contributed by atoms with E-state index in [4.69, 9.17) is 0 Å². The normalized spacial score (nSPS) is 12.0. The van der Waals surface area contributed by atoms with Crippen LogP contribution >= 0.6 is 0 Å². The Hall–Kier alpha value is -1.06. The highest BCUT2D eigenvalue weighted by Crippen LogP contribution is 2.14. The summed E-state index contributed by atoms with van der Waals surface area (Å²) in [6.07, 6.45) is 39.1. The van der Waals surface area contributed by atoms with Crippen LogP contribution in [0, 0.1) is 0 Å². The zero-order valence-electron chi connectivity index (χ0n) is 29.0. The largest absolute Gasteiger partial charge is 0.356 e. The molecule has 0 unspecified atom stereocenters. The van der Waals surface area contributed by atoms with Gasteiger partial charge in [-0.05, 0) is 39.0 Å². The molecule has 0 aromatic rings. The van der Waals surface area contributed by atoms with Crippen molar-refractivity contribution < 1.29 is 9.59 Å². The zero-order chi connectivity index (χ0) is 30.8. The SMILES string of the molecule is CCCCCCCCCCCCCCCCCC(=O)N[C@H](C)CCCCNC(=O)CCCCCCCCCCCCC. The summed E-state index contributed by atoms with van der Waals surface area (Å²) in [6, 6.07) is 0.223. The Morgan fingerprint density at radius 2 is 0.762 bits per heavy atom. The number of carbonyl (C=O) groups is 2. The number of hydrogen-bond acceptors (Lipinski definition) is 2. The van der Waals surface area contributed by atoms with Crippen LogP contribution in [-0.4, -0.2) is 24.4 Å². The molecule has 4 heteroatoms. The van der Waals surface area contributed by atoms with Gasteiger partial charge in [-0.3, -0.25) is 9.59 Å². The average Bonchev–Trinajstić information content (AvgIpc) is 2.97. The molecule has 0 aliphatic carbocycles. The molecule has 0 aliphatic heterocycles. The Bertz CT molecular complexity index is 565. The highest BCUT2D eigenvalue weighted by Gasteiger charge is 2.07. The van der Waals surface area contributed by atoms with E-state index < -0.39 is 0 Å². The standard InChI is InChI=1S/C38H76N2O2/c1-4-6-8-10-12-14-16-17-18-19-21-23-25-27-29-34-38(42)40-36(3)32-30-31-35-39-37(41)33-28-26-24-22-20-15-13-11-9-7-5-2/h36H,4-35H2,1-3H3,(H,39,41)(H,40,42)/t36-/m1/s1. The summed E-state index contributed by atoms with van der Waals surface area (Å²) >= 11 is 0. The van der Waals surface area contributed by atoms with E-state index in [1.54, 1.807) is 0 Å². The van der Waals surface area contributed by atoms with Crippen molar-refractivity contribution in [2.24, 2.45) is 0 Å². The number of rotatable bonds is 34. The molecule has 42 heavy (non-hydrogen) atoms. The molecule has 0 radical (unpaired) electrons. The lowest BCUT2D eigenvalue weighted by Crippen LogP contribution is -2.32. The number of hydrogen-bond donors (Lipinski definition) is 2. The summed E-state index contributed by atoms with van der Waals surface area (Å²) in [4.78, 5) is 24.3. The molecule has 0 aromatic heterocycles. The molecule has 1 atom stereocenters. The smallest absolute Gasteiger partial charge is 0.220 e. The molecular weight excluding hydrogens is 516 g/mol. The van der Waals surface area contributed by atoms with Crippen molar-refractivity contribution in [3.8, 4) is 0 Å². The Balaban J connectivity index is 3.37. The van der Waals surface area contributed by atoms with E-state index in [1.165, 1.54) is 154 Å². The quantitative estimate of drug-likeness (QED) is 0.0730. The maximum atomic E-state index is 12.2. The van der Waals surface area contributed by atoms with Gasteiger partial charge in [0.25, 0.3) is 0 Å². The number of carbonyl (C=O) groups excluding carboxylic acids is 2. The first-order valence-electron chi connectivity index (χ1n) is 19.2. The van der Waals surface area contributed by atoms with Crippen LogP contribution < -0.4 is 10.6 Å². The second kappa shape index (κ2) is 34.4. The number of amides is 2. The van der Waals surface area contributed by atoms with E-state index >= 15 is 0 Å². The van der Waals surface area contributed by atoms with Crippen LogP contribution in [0.2, 0.25) is 0 Å². The molecule has 2 amide bonds. The predicted molar refractivity (Wildman–Crippen MR) is 185 cm³/mol. The van der Waals surface area contributed by atoms with Gasteiger partial charge < -0.3 is 10.6 Å².